The van der Waals surface area contributed by atoms with E-state index >= 15 is 0 Å². The Morgan fingerprint density at radius 3 is 3.05 bits per heavy atom. The van der Waals surface area contributed by atoms with Gasteiger partial charge in [-0.15, -0.1) is 0 Å². The van der Waals surface area contributed by atoms with Crippen LogP contribution in [0.1, 0.15) is 30.2 Å². The minimum Gasteiger partial charge on any atom is -0.339 e. The van der Waals surface area contributed by atoms with Gasteiger partial charge in [0.1, 0.15) is 0 Å². The van der Waals surface area contributed by atoms with Crippen LogP contribution in [0.5, 0.6) is 0 Å². The molecule has 1 N–H and O–H groups in total. The van der Waals surface area contributed by atoms with E-state index < -0.39 is 0 Å². The standard InChI is InChI=1S/C14H16BrN3O/c1-9-7-11(15)4-5-12(9)13-17-14(19-18-13)10-3-2-6-16-8-10/h4-5,7,10,16H,2-3,6,8H2,1H3. The van der Waals surface area contributed by atoms with Gasteiger partial charge in [-0.2, -0.15) is 4.98 Å². The van der Waals surface area contributed by atoms with Gasteiger partial charge in [0.2, 0.25) is 11.7 Å². The molecular weight excluding hydrogens is 306 g/mol. The van der Waals surface area contributed by atoms with Crippen molar-refractivity contribution in [1.82, 2.24) is 15.5 Å². The summed E-state index contributed by atoms with van der Waals surface area (Å²) in [5.41, 5.74) is 2.17. The molecule has 0 bridgehead atoms. The van der Waals surface area contributed by atoms with Gasteiger partial charge in [0, 0.05) is 16.6 Å². The molecular formula is C14H16BrN3O. The number of piperidine rings is 1. The first-order valence-corrected chi connectivity index (χ1v) is 7.34. The normalized spacial score (nSPS) is 19.6. The molecule has 100 valence electrons. The third-order valence-corrected chi connectivity index (χ3v) is 4.01. The minimum absolute atomic E-state index is 0.353. The van der Waals surface area contributed by atoms with E-state index in [0.29, 0.717) is 11.7 Å². The third-order valence-electron chi connectivity index (χ3n) is 3.52. The number of aryl methyl sites for hydroxylation is 1. The Labute approximate surface area is 120 Å². The van der Waals surface area contributed by atoms with Gasteiger partial charge < -0.3 is 9.84 Å². The van der Waals surface area contributed by atoms with Gasteiger partial charge in [-0.05, 0) is 50.1 Å². The molecule has 1 saturated heterocycles. The molecule has 2 aromatic rings. The van der Waals surface area contributed by atoms with Crippen LogP contribution in [0.2, 0.25) is 0 Å². The fourth-order valence-electron chi connectivity index (χ4n) is 2.45. The van der Waals surface area contributed by atoms with Crippen LogP contribution in [0.3, 0.4) is 0 Å². The second-order valence-electron chi connectivity index (χ2n) is 4.96. The minimum atomic E-state index is 0.353. The second kappa shape index (κ2) is 5.43. The van der Waals surface area contributed by atoms with Crippen molar-refractivity contribution in [3.05, 3.63) is 34.1 Å². The van der Waals surface area contributed by atoms with Gasteiger partial charge in [-0.1, -0.05) is 21.1 Å². The van der Waals surface area contributed by atoms with Gasteiger partial charge in [0.25, 0.3) is 0 Å². The lowest BCUT2D eigenvalue weighted by molar-refractivity contribution is 0.322. The van der Waals surface area contributed by atoms with Crippen molar-refractivity contribution >= 4 is 15.9 Å². The highest BCUT2D eigenvalue weighted by Crippen LogP contribution is 2.27. The van der Waals surface area contributed by atoms with Gasteiger partial charge in [-0.25, -0.2) is 0 Å². The van der Waals surface area contributed by atoms with Crippen LogP contribution in [-0.2, 0) is 0 Å². The molecule has 0 amide bonds. The molecule has 4 nitrogen and oxygen atoms in total. The maximum Gasteiger partial charge on any atom is 0.231 e. The average molecular weight is 322 g/mol. The van der Waals surface area contributed by atoms with Gasteiger partial charge >= 0.3 is 0 Å². The van der Waals surface area contributed by atoms with Crippen molar-refractivity contribution in [3.8, 4) is 11.4 Å². The number of halogens is 1. The highest BCUT2D eigenvalue weighted by atomic mass is 79.9. The maximum absolute atomic E-state index is 5.43. The van der Waals surface area contributed by atoms with E-state index in [1.165, 1.54) is 6.42 Å². The summed E-state index contributed by atoms with van der Waals surface area (Å²) >= 11 is 3.46. The van der Waals surface area contributed by atoms with E-state index in [1.807, 2.05) is 12.1 Å². The van der Waals surface area contributed by atoms with E-state index in [4.69, 9.17) is 4.52 Å². The predicted molar refractivity (Wildman–Crippen MR) is 77.0 cm³/mol. The van der Waals surface area contributed by atoms with E-state index in [0.717, 1.165) is 41.0 Å². The molecule has 1 fully saturated rings. The van der Waals surface area contributed by atoms with Crippen LogP contribution in [0.4, 0.5) is 0 Å². The zero-order valence-corrected chi connectivity index (χ0v) is 12.4. The molecule has 0 radical (unpaired) electrons. The molecule has 1 atom stereocenters. The van der Waals surface area contributed by atoms with Crippen molar-refractivity contribution in [2.24, 2.45) is 0 Å². The van der Waals surface area contributed by atoms with Crippen molar-refractivity contribution in [2.45, 2.75) is 25.7 Å². The molecule has 1 aromatic heterocycles. The lowest BCUT2D eigenvalue weighted by atomic mass is 10.00. The smallest absolute Gasteiger partial charge is 0.231 e. The van der Waals surface area contributed by atoms with Crippen LogP contribution in [0, 0.1) is 6.92 Å². The fourth-order valence-corrected chi connectivity index (χ4v) is 2.93. The van der Waals surface area contributed by atoms with Crippen molar-refractivity contribution in [1.29, 1.82) is 0 Å². The lowest BCUT2D eigenvalue weighted by Crippen LogP contribution is -2.28. The Kier molecular flexibility index (Phi) is 3.66. The number of benzene rings is 1. The molecule has 1 aromatic carbocycles. The molecule has 0 spiro atoms. The van der Waals surface area contributed by atoms with Crippen molar-refractivity contribution in [2.75, 3.05) is 13.1 Å². The molecule has 19 heavy (non-hydrogen) atoms. The zero-order chi connectivity index (χ0) is 13.2. The highest BCUT2D eigenvalue weighted by Gasteiger charge is 2.22. The van der Waals surface area contributed by atoms with Crippen molar-refractivity contribution < 1.29 is 4.52 Å². The quantitative estimate of drug-likeness (QED) is 0.922. The number of hydrogen-bond acceptors (Lipinski definition) is 4. The monoisotopic (exact) mass is 321 g/mol. The second-order valence-corrected chi connectivity index (χ2v) is 5.87. The summed E-state index contributed by atoms with van der Waals surface area (Å²) in [6, 6.07) is 6.08. The number of nitrogens with one attached hydrogen (secondary N) is 1. The maximum atomic E-state index is 5.43. The lowest BCUT2D eigenvalue weighted by Gasteiger charge is -2.18. The Morgan fingerprint density at radius 2 is 2.32 bits per heavy atom. The van der Waals surface area contributed by atoms with Crippen LogP contribution < -0.4 is 5.32 Å². The Morgan fingerprint density at radius 1 is 1.42 bits per heavy atom. The summed E-state index contributed by atoms with van der Waals surface area (Å²) in [7, 11) is 0. The SMILES string of the molecule is Cc1cc(Br)ccc1-c1noc(C2CCCNC2)n1. The number of hydrogen-bond donors (Lipinski definition) is 1. The summed E-state index contributed by atoms with van der Waals surface area (Å²) in [4.78, 5) is 4.56. The van der Waals surface area contributed by atoms with Crippen LogP contribution in [-0.4, -0.2) is 23.2 Å². The number of aromatic nitrogens is 2. The largest absolute Gasteiger partial charge is 0.339 e. The Balaban J connectivity index is 1.87. The molecule has 1 unspecified atom stereocenters. The van der Waals surface area contributed by atoms with Crippen molar-refractivity contribution in [3.63, 3.8) is 0 Å². The molecule has 1 aliphatic rings. The van der Waals surface area contributed by atoms with E-state index in [-0.39, 0.29) is 0 Å². The van der Waals surface area contributed by atoms with Crippen LogP contribution >= 0.6 is 15.9 Å². The number of rotatable bonds is 2. The summed E-state index contributed by atoms with van der Waals surface area (Å²) < 4.78 is 6.49. The third kappa shape index (κ3) is 2.72. The van der Waals surface area contributed by atoms with E-state index in [9.17, 15) is 0 Å². The number of nitrogens with zero attached hydrogens (tertiary/aromatic N) is 2. The van der Waals surface area contributed by atoms with Gasteiger partial charge in [0.05, 0.1) is 5.92 Å². The molecule has 0 saturated carbocycles. The zero-order valence-electron chi connectivity index (χ0n) is 10.8. The molecule has 2 heterocycles. The molecule has 5 heteroatoms. The average Bonchev–Trinajstić information content (AvgIpc) is 2.89. The van der Waals surface area contributed by atoms with E-state index in [1.54, 1.807) is 0 Å². The first-order chi connectivity index (χ1) is 9.24. The summed E-state index contributed by atoms with van der Waals surface area (Å²) in [6.45, 7) is 4.07. The van der Waals surface area contributed by atoms with E-state index in [2.05, 4.69) is 44.4 Å². The summed E-state index contributed by atoms with van der Waals surface area (Å²) in [5, 5.41) is 7.49. The summed E-state index contributed by atoms with van der Waals surface area (Å²) in [5.74, 6) is 1.79. The summed E-state index contributed by atoms with van der Waals surface area (Å²) in [6.07, 6.45) is 2.29. The first kappa shape index (κ1) is 12.8. The Hall–Kier alpha value is -1.20. The molecule has 3 rings (SSSR count). The predicted octanol–water partition coefficient (Wildman–Crippen LogP) is 3.27. The topological polar surface area (TPSA) is 51.0 Å². The first-order valence-electron chi connectivity index (χ1n) is 6.55. The highest BCUT2D eigenvalue weighted by molar-refractivity contribution is 9.10. The van der Waals surface area contributed by atoms with Crippen LogP contribution in [0.25, 0.3) is 11.4 Å². The van der Waals surface area contributed by atoms with Crippen LogP contribution in [0.15, 0.2) is 27.2 Å². The van der Waals surface area contributed by atoms with Gasteiger partial charge in [-0.3, -0.25) is 0 Å². The van der Waals surface area contributed by atoms with Gasteiger partial charge in [0.15, 0.2) is 0 Å². The Bertz CT molecular complexity index is 576. The fraction of sp³-hybridized carbons (Fsp3) is 0.429. The molecule has 1 aliphatic heterocycles. The molecule has 0 aliphatic carbocycles.